The Balaban J connectivity index is 1.40. The van der Waals surface area contributed by atoms with E-state index in [-0.39, 0.29) is 23.7 Å². The highest BCUT2D eigenvalue weighted by atomic mass is 16.7. The summed E-state index contributed by atoms with van der Waals surface area (Å²) < 4.78 is 12.8. The second-order valence-corrected chi connectivity index (χ2v) is 8.59. The van der Waals surface area contributed by atoms with Crippen LogP contribution in [0.25, 0.3) is 10.9 Å². The van der Waals surface area contributed by atoms with Crippen LogP contribution in [0.1, 0.15) is 49.4 Å². The zero-order valence-corrected chi connectivity index (χ0v) is 17.5. The molecule has 0 radical (unpaired) electrons. The summed E-state index contributed by atoms with van der Waals surface area (Å²) in [5.74, 6) is 1.37. The van der Waals surface area contributed by atoms with E-state index in [2.05, 4.69) is 10.2 Å². The first kappa shape index (κ1) is 19.4. The van der Waals surface area contributed by atoms with Crippen molar-refractivity contribution in [1.82, 2.24) is 14.8 Å². The first-order chi connectivity index (χ1) is 14.7. The molecule has 3 aliphatic heterocycles. The lowest BCUT2D eigenvalue weighted by Gasteiger charge is -2.44. The quantitative estimate of drug-likeness (QED) is 0.838. The number of carbonyl (C=O) groups excluding carboxylic acids is 1. The molecule has 2 fully saturated rings. The number of pyridine rings is 1. The number of benzene rings is 1. The molecule has 2 unspecified atom stereocenters. The van der Waals surface area contributed by atoms with E-state index in [1.54, 1.807) is 12.3 Å². The predicted molar refractivity (Wildman–Crippen MR) is 114 cm³/mol. The molecule has 1 amide bonds. The fraction of sp³-hybridized carbons (Fsp3) is 0.565. The van der Waals surface area contributed by atoms with Crippen LogP contribution in [0.2, 0.25) is 0 Å². The Hall–Kier alpha value is -2.54. The van der Waals surface area contributed by atoms with Crippen molar-refractivity contribution in [3.63, 3.8) is 0 Å². The Morgan fingerprint density at radius 3 is 2.77 bits per heavy atom. The number of nitrogens with zero attached hydrogens (tertiary/aromatic N) is 2. The molecule has 30 heavy (non-hydrogen) atoms. The largest absolute Gasteiger partial charge is 0.454 e. The summed E-state index contributed by atoms with van der Waals surface area (Å²) in [5, 5.41) is 3.57. The number of aromatic nitrogens is 1. The van der Waals surface area contributed by atoms with Gasteiger partial charge in [-0.3, -0.25) is 9.59 Å². The van der Waals surface area contributed by atoms with Gasteiger partial charge >= 0.3 is 0 Å². The molecule has 2 aromatic rings. The molecule has 160 valence electrons. The Morgan fingerprint density at radius 2 is 1.93 bits per heavy atom. The lowest BCUT2D eigenvalue weighted by Crippen LogP contribution is -2.51. The molecule has 2 saturated heterocycles. The van der Waals surface area contributed by atoms with Crippen molar-refractivity contribution in [1.29, 1.82) is 0 Å². The van der Waals surface area contributed by atoms with Gasteiger partial charge in [0.2, 0.25) is 12.2 Å². The smallest absolute Gasteiger partial charge is 0.256 e. The number of ether oxygens (including phenoxy) is 2. The lowest BCUT2D eigenvalue weighted by molar-refractivity contribution is 0.0575. The molecule has 0 saturated carbocycles. The maximum Gasteiger partial charge on any atom is 0.256 e. The third-order valence-corrected chi connectivity index (χ3v) is 6.91. The molecule has 0 aliphatic carbocycles. The maximum absolute atomic E-state index is 13.1. The summed E-state index contributed by atoms with van der Waals surface area (Å²) in [4.78, 5) is 28.7. The van der Waals surface area contributed by atoms with Gasteiger partial charge in [0.1, 0.15) is 5.56 Å². The van der Waals surface area contributed by atoms with E-state index in [1.807, 2.05) is 17.6 Å². The van der Waals surface area contributed by atoms with Crippen LogP contribution in [0.5, 0.6) is 11.5 Å². The normalized spacial score (nSPS) is 23.4. The average molecular weight is 412 g/mol. The van der Waals surface area contributed by atoms with Crippen LogP contribution in [0, 0.1) is 5.92 Å². The monoisotopic (exact) mass is 411 g/mol. The summed E-state index contributed by atoms with van der Waals surface area (Å²) >= 11 is 0. The van der Waals surface area contributed by atoms with Gasteiger partial charge in [-0.1, -0.05) is 6.42 Å². The Bertz CT molecular complexity index is 1030. The van der Waals surface area contributed by atoms with Crippen molar-refractivity contribution in [3.8, 4) is 11.5 Å². The SMILES string of the molecule is CCn1cc(C(=O)NCC2CCCN3CCCCC23)c(=O)c2cc3c(cc21)OCO3. The molecule has 0 spiro atoms. The Morgan fingerprint density at radius 1 is 1.13 bits per heavy atom. The third kappa shape index (κ3) is 3.35. The molecule has 7 nitrogen and oxygen atoms in total. The summed E-state index contributed by atoms with van der Waals surface area (Å²) in [6.45, 7) is 5.78. The van der Waals surface area contributed by atoms with E-state index in [4.69, 9.17) is 9.47 Å². The zero-order valence-electron chi connectivity index (χ0n) is 17.5. The van der Waals surface area contributed by atoms with Gasteiger partial charge in [-0.2, -0.15) is 0 Å². The molecule has 0 bridgehead atoms. The van der Waals surface area contributed by atoms with E-state index in [0.717, 1.165) is 11.9 Å². The zero-order chi connectivity index (χ0) is 20.7. The standard InChI is InChI=1S/C23H29N3O4/c1-2-25-13-17(22(27)16-10-20-21(11-19(16)25)30-14-29-20)23(28)24-12-15-6-5-9-26-8-4-3-7-18(15)26/h10-11,13,15,18H,2-9,12,14H2,1H3,(H,24,28). The highest BCUT2D eigenvalue weighted by Crippen LogP contribution is 2.35. The minimum Gasteiger partial charge on any atom is -0.454 e. The predicted octanol–water partition coefficient (Wildman–Crippen LogP) is 2.74. The Labute approximate surface area is 175 Å². The van der Waals surface area contributed by atoms with Gasteiger partial charge in [0.15, 0.2) is 11.5 Å². The summed E-state index contributed by atoms with van der Waals surface area (Å²) in [7, 11) is 0. The van der Waals surface area contributed by atoms with E-state index >= 15 is 0 Å². The van der Waals surface area contributed by atoms with Crippen LogP contribution < -0.4 is 20.2 Å². The first-order valence-corrected chi connectivity index (χ1v) is 11.1. The van der Waals surface area contributed by atoms with Gasteiger partial charge in [-0.05, 0) is 57.7 Å². The minimum absolute atomic E-state index is 0.152. The van der Waals surface area contributed by atoms with Crippen molar-refractivity contribution in [3.05, 3.63) is 34.1 Å². The van der Waals surface area contributed by atoms with Crippen molar-refractivity contribution in [2.75, 3.05) is 26.4 Å². The van der Waals surface area contributed by atoms with Gasteiger partial charge in [-0.25, -0.2) is 0 Å². The van der Waals surface area contributed by atoms with E-state index in [0.29, 0.717) is 41.9 Å². The number of amides is 1. The van der Waals surface area contributed by atoms with Gasteiger partial charge in [0.05, 0.1) is 10.9 Å². The highest BCUT2D eigenvalue weighted by molar-refractivity contribution is 5.97. The fourth-order valence-corrected chi connectivity index (χ4v) is 5.34. The molecule has 1 N–H and O–H groups in total. The van der Waals surface area contributed by atoms with Crippen LogP contribution in [-0.2, 0) is 6.54 Å². The number of nitrogens with one attached hydrogen (secondary N) is 1. The first-order valence-electron chi connectivity index (χ1n) is 11.1. The van der Waals surface area contributed by atoms with E-state index in [9.17, 15) is 9.59 Å². The molecule has 2 atom stereocenters. The second-order valence-electron chi connectivity index (χ2n) is 8.59. The molecule has 7 heteroatoms. The number of carbonyl (C=O) groups is 1. The van der Waals surface area contributed by atoms with Gasteiger partial charge in [0.25, 0.3) is 5.91 Å². The third-order valence-electron chi connectivity index (χ3n) is 6.91. The molecule has 1 aromatic heterocycles. The number of hydrogen-bond acceptors (Lipinski definition) is 5. The number of aryl methyl sites for hydroxylation is 1. The fourth-order valence-electron chi connectivity index (χ4n) is 5.34. The number of piperidine rings is 2. The van der Waals surface area contributed by atoms with E-state index < -0.39 is 0 Å². The molecule has 1 aromatic carbocycles. The van der Waals surface area contributed by atoms with Crippen LogP contribution >= 0.6 is 0 Å². The second kappa shape index (κ2) is 7.95. The molecular weight excluding hydrogens is 382 g/mol. The summed E-state index contributed by atoms with van der Waals surface area (Å²) in [6, 6.07) is 4.09. The van der Waals surface area contributed by atoms with E-state index in [1.165, 1.54) is 38.8 Å². The Kier molecular flexibility index (Phi) is 5.15. The van der Waals surface area contributed by atoms with Crippen molar-refractivity contribution < 1.29 is 14.3 Å². The van der Waals surface area contributed by atoms with Gasteiger partial charge < -0.3 is 24.3 Å². The molecule has 3 aliphatic rings. The molecule has 4 heterocycles. The lowest BCUT2D eigenvalue weighted by atomic mass is 9.83. The van der Waals surface area contributed by atoms with Crippen molar-refractivity contribution in [2.45, 2.75) is 51.6 Å². The summed E-state index contributed by atoms with van der Waals surface area (Å²) in [5.41, 5.74) is 0.696. The van der Waals surface area contributed by atoms with Gasteiger partial charge in [-0.15, -0.1) is 0 Å². The average Bonchev–Trinajstić information content (AvgIpc) is 3.24. The number of hydrogen-bond donors (Lipinski definition) is 1. The number of rotatable bonds is 4. The highest BCUT2D eigenvalue weighted by Gasteiger charge is 2.33. The summed E-state index contributed by atoms with van der Waals surface area (Å²) in [6.07, 6.45) is 7.77. The van der Waals surface area contributed by atoms with Crippen LogP contribution in [0.15, 0.2) is 23.1 Å². The van der Waals surface area contributed by atoms with Crippen LogP contribution in [-0.4, -0.2) is 47.8 Å². The van der Waals surface area contributed by atoms with Crippen LogP contribution in [0.3, 0.4) is 0 Å². The van der Waals surface area contributed by atoms with Crippen molar-refractivity contribution in [2.24, 2.45) is 5.92 Å². The van der Waals surface area contributed by atoms with Gasteiger partial charge in [0, 0.05) is 31.4 Å². The molecular formula is C23H29N3O4. The van der Waals surface area contributed by atoms with Crippen molar-refractivity contribution >= 4 is 16.8 Å². The minimum atomic E-state index is -0.283. The molecule has 5 rings (SSSR count). The maximum atomic E-state index is 13.1. The number of fused-ring (bicyclic) bond motifs is 3. The topological polar surface area (TPSA) is 72.8 Å². The van der Waals surface area contributed by atoms with Crippen LogP contribution in [0.4, 0.5) is 0 Å².